The van der Waals surface area contributed by atoms with Gasteiger partial charge in [0.2, 0.25) is 0 Å². The van der Waals surface area contributed by atoms with Crippen LogP contribution in [0.3, 0.4) is 0 Å². The van der Waals surface area contributed by atoms with Gasteiger partial charge < -0.3 is 9.73 Å². The molecule has 0 amide bonds. The number of benzene rings is 1. The van der Waals surface area contributed by atoms with E-state index in [0.717, 1.165) is 35.9 Å². The minimum atomic E-state index is 0.673. The first kappa shape index (κ1) is 10.6. The van der Waals surface area contributed by atoms with E-state index in [1.54, 1.807) is 0 Å². The van der Waals surface area contributed by atoms with E-state index in [-0.39, 0.29) is 0 Å². The summed E-state index contributed by atoms with van der Waals surface area (Å²) in [6.45, 7) is 4.37. The Balaban J connectivity index is 1.88. The van der Waals surface area contributed by atoms with E-state index < -0.39 is 0 Å². The number of fused-ring (bicyclic) bond motifs is 5. The second-order valence-electron chi connectivity index (χ2n) is 5.64. The average Bonchev–Trinajstić information content (AvgIpc) is 2.79. The molecular formula is C15H18N2O. The molecule has 2 unspecified atom stereocenters. The van der Waals surface area contributed by atoms with Crippen LogP contribution in [0.5, 0.6) is 0 Å². The number of nitrogens with one attached hydrogen (secondary N) is 1. The Morgan fingerprint density at radius 1 is 1.39 bits per heavy atom. The normalized spacial score (nSPS) is 26.3. The van der Waals surface area contributed by atoms with Gasteiger partial charge in [0, 0.05) is 13.0 Å². The summed E-state index contributed by atoms with van der Waals surface area (Å²) in [5, 5.41) is 3.55. The molecule has 1 aromatic heterocycles. The minimum absolute atomic E-state index is 0.673. The van der Waals surface area contributed by atoms with Gasteiger partial charge in [-0.25, -0.2) is 4.98 Å². The Hall–Kier alpha value is -1.35. The zero-order valence-electron chi connectivity index (χ0n) is 10.7. The molecule has 2 aliphatic rings. The summed E-state index contributed by atoms with van der Waals surface area (Å²) in [6.07, 6.45) is 3.40. The number of rotatable bonds is 1. The van der Waals surface area contributed by atoms with Crippen molar-refractivity contribution in [2.45, 2.75) is 32.1 Å². The zero-order valence-corrected chi connectivity index (χ0v) is 10.7. The van der Waals surface area contributed by atoms with E-state index >= 15 is 0 Å². The van der Waals surface area contributed by atoms with Gasteiger partial charge in [0.25, 0.3) is 0 Å². The minimum Gasteiger partial charge on any atom is -0.441 e. The van der Waals surface area contributed by atoms with Gasteiger partial charge in [-0.05, 0) is 54.5 Å². The van der Waals surface area contributed by atoms with Crippen molar-refractivity contribution in [2.75, 3.05) is 13.1 Å². The van der Waals surface area contributed by atoms with E-state index in [1.807, 2.05) is 0 Å². The number of nitrogens with zero attached hydrogens (tertiary/aromatic N) is 1. The fourth-order valence-electron chi connectivity index (χ4n) is 3.52. The van der Waals surface area contributed by atoms with Gasteiger partial charge in [0.1, 0.15) is 5.52 Å². The van der Waals surface area contributed by atoms with Crippen LogP contribution in [-0.4, -0.2) is 18.1 Å². The molecule has 2 aromatic rings. The first-order valence-corrected chi connectivity index (χ1v) is 6.96. The molecule has 1 saturated heterocycles. The van der Waals surface area contributed by atoms with Crippen molar-refractivity contribution in [1.82, 2.24) is 10.3 Å². The van der Waals surface area contributed by atoms with Gasteiger partial charge in [0.15, 0.2) is 11.5 Å². The lowest BCUT2D eigenvalue weighted by atomic mass is 9.74. The van der Waals surface area contributed by atoms with Crippen LogP contribution in [0.1, 0.15) is 36.3 Å². The fraction of sp³-hybridized carbons (Fsp3) is 0.533. The molecule has 0 radical (unpaired) electrons. The summed E-state index contributed by atoms with van der Waals surface area (Å²) in [5.41, 5.74) is 5.00. The van der Waals surface area contributed by atoms with Crippen LogP contribution in [0.2, 0.25) is 0 Å². The van der Waals surface area contributed by atoms with E-state index in [0.29, 0.717) is 5.92 Å². The molecule has 3 heteroatoms. The monoisotopic (exact) mass is 242 g/mol. The lowest BCUT2D eigenvalue weighted by molar-refractivity contribution is 0.318. The van der Waals surface area contributed by atoms with Gasteiger partial charge in [0.05, 0.1) is 0 Å². The Kier molecular flexibility index (Phi) is 2.24. The molecule has 2 heterocycles. The third-order valence-electron chi connectivity index (χ3n) is 4.39. The maximum Gasteiger partial charge on any atom is 0.195 e. The SMILES string of the molecule is CCc1nc2cc3c(cc2o1)C1CNCC(C3)C1. The molecule has 94 valence electrons. The molecule has 1 aliphatic carbocycles. The summed E-state index contributed by atoms with van der Waals surface area (Å²) in [7, 11) is 0. The largest absolute Gasteiger partial charge is 0.441 e. The number of piperidine rings is 1. The molecule has 1 aliphatic heterocycles. The molecule has 2 atom stereocenters. The van der Waals surface area contributed by atoms with Gasteiger partial charge in [-0.15, -0.1) is 0 Å². The van der Waals surface area contributed by atoms with E-state index in [9.17, 15) is 0 Å². The van der Waals surface area contributed by atoms with Crippen molar-refractivity contribution in [3.05, 3.63) is 29.2 Å². The Morgan fingerprint density at radius 2 is 2.33 bits per heavy atom. The van der Waals surface area contributed by atoms with E-state index in [1.165, 1.54) is 30.5 Å². The Morgan fingerprint density at radius 3 is 3.22 bits per heavy atom. The van der Waals surface area contributed by atoms with Gasteiger partial charge >= 0.3 is 0 Å². The van der Waals surface area contributed by atoms with E-state index in [4.69, 9.17) is 4.42 Å². The van der Waals surface area contributed by atoms with Crippen LogP contribution in [0.4, 0.5) is 0 Å². The predicted molar refractivity (Wildman–Crippen MR) is 70.8 cm³/mol. The predicted octanol–water partition coefficient (Wildman–Crippen LogP) is 2.64. The van der Waals surface area contributed by atoms with Crippen LogP contribution in [0.15, 0.2) is 16.5 Å². The van der Waals surface area contributed by atoms with Crippen LogP contribution in [0, 0.1) is 5.92 Å². The van der Waals surface area contributed by atoms with Crippen molar-refractivity contribution in [3.63, 3.8) is 0 Å². The highest BCUT2D eigenvalue weighted by molar-refractivity contribution is 5.75. The van der Waals surface area contributed by atoms with Crippen molar-refractivity contribution in [3.8, 4) is 0 Å². The lowest BCUT2D eigenvalue weighted by Gasteiger charge is -2.36. The molecular weight excluding hydrogens is 224 g/mol. The zero-order chi connectivity index (χ0) is 12.1. The maximum atomic E-state index is 5.79. The van der Waals surface area contributed by atoms with Crippen LogP contribution < -0.4 is 5.32 Å². The van der Waals surface area contributed by atoms with E-state index in [2.05, 4.69) is 29.4 Å². The number of aromatic nitrogens is 1. The number of hydrogen-bond acceptors (Lipinski definition) is 3. The summed E-state index contributed by atoms with van der Waals surface area (Å²) < 4.78 is 5.79. The van der Waals surface area contributed by atoms with Crippen LogP contribution >= 0.6 is 0 Å². The van der Waals surface area contributed by atoms with Crippen molar-refractivity contribution >= 4 is 11.1 Å². The van der Waals surface area contributed by atoms with Crippen molar-refractivity contribution in [2.24, 2.45) is 5.92 Å². The third-order valence-corrected chi connectivity index (χ3v) is 4.39. The lowest BCUT2D eigenvalue weighted by Crippen LogP contribution is -2.39. The number of oxazole rings is 1. The summed E-state index contributed by atoms with van der Waals surface area (Å²) in [5.74, 6) is 2.34. The number of hydrogen-bond donors (Lipinski definition) is 1. The maximum absolute atomic E-state index is 5.79. The molecule has 1 N–H and O–H groups in total. The first-order chi connectivity index (χ1) is 8.83. The molecule has 2 bridgehead atoms. The van der Waals surface area contributed by atoms with Crippen LogP contribution in [-0.2, 0) is 12.8 Å². The molecule has 1 fully saturated rings. The Bertz CT molecular complexity index is 602. The van der Waals surface area contributed by atoms with Crippen molar-refractivity contribution in [1.29, 1.82) is 0 Å². The second kappa shape index (κ2) is 3.82. The highest BCUT2D eigenvalue weighted by Crippen LogP contribution is 2.38. The molecule has 18 heavy (non-hydrogen) atoms. The second-order valence-corrected chi connectivity index (χ2v) is 5.64. The highest BCUT2D eigenvalue weighted by Gasteiger charge is 2.30. The average molecular weight is 242 g/mol. The fourth-order valence-corrected chi connectivity index (χ4v) is 3.52. The quantitative estimate of drug-likeness (QED) is 0.835. The summed E-state index contributed by atoms with van der Waals surface area (Å²) in [4.78, 5) is 4.55. The summed E-state index contributed by atoms with van der Waals surface area (Å²) >= 11 is 0. The molecule has 3 nitrogen and oxygen atoms in total. The standard InChI is InChI=1S/C15H18N2O/c1-2-15-17-13-5-10-3-9-4-11(8-16-7-9)12(10)6-14(13)18-15/h5-6,9,11,16H,2-4,7-8H2,1H3. The number of aryl methyl sites for hydroxylation is 1. The van der Waals surface area contributed by atoms with Crippen LogP contribution in [0.25, 0.3) is 11.1 Å². The highest BCUT2D eigenvalue weighted by atomic mass is 16.3. The van der Waals surface area contributed by atoms with Gasteiger partial charge in [-0.2, -0.15) is 0 Å². The van der Waals surface area contributed by atoms with Gasteiger partial charge in [-0.3, -0.25) is 0 Å². The molecule has 0 saturated carbocycles. The third kappa shape index (κ3) is 1.50. The topological polar surface area (TPSA) is 38.1 Å². The molecule has 0 spiro atoms. The smallest absolute Gasteiger partial charge is 0.195 e. The summed E-state index contributed by atoms with van der Waals surface area (Å²) in [6, 6.07) is 4.50. The molecule has 4 rings (SSSR count). The Labute approximate surface area is 107 Å². The first-order valence-electron chi connectivity index (χ1n) is 6.96. The van der Waals surface area contributed by atoms with Gasteiger partial charge in [-0.1, -0.05) is 6.92 Å². The molecule has 1 aromatic carbocycles. The van der Waals surface area contributed by atoms with Crippen molar-refractivity contribution < 1.29 is 4.42 Å².